The zero-order valence-corrected chi connectivity index (χ0v) is 11.6. The van der Waals surface area contributed by atoms with Crippen LogP contribution in [0.5, 0.6) is 0 Å². The van der Waals surface area contributed by atoms with E-state index >= 15 is 0 Å². The average molecular weight is 261 g/mol. The van der Waals surface area contributed by atoms with Crippen LogP contribution in [-0.2, 0) is 4.74 Å². The monoisotopic (exact) mass is 261 g/mol. The SMILES string of the molecule is CCN1CCOC(CN2CCNc3ccccc32)C1. The maximum Gasteiger partial charge on any atom is 0.0877 e. The van der Waals surface area contributed by atoms with E-state index in [2.05, 4.69) is 46.3 Å². The molecule has 1 aromatic rings. The Labute approximate surface area is 115 Å². The molecule has 1 unspecified atom stereocenters. The van der Waals surface area contributed by atoms with Crippen molar-refractivity contribution in [3.05, 3.63) is 24.3 Å². The van der Waals surface area contributed by atoms with E-state index in [0.717, 1.165) is 45.9 Å². The molecule has 0 aliphatic carbocycles. The van der Waals surface area contributed by atoms with Crippen molar-refractivity contribution < 1.29 is 4.74 Å². The summed E-state index contributed by atoms with van der Waals surface area (Å²) in [6.07, 6.45) is 0.333. The molecule has 1 atom stereocenters. The van der Waals surface area contributed by atoms with Gasteiger partial charge in [0.05, 0.1) is 24.1 Å². The van der Waals surface area contributed by atoms with Gasteiger partial charge in [-0.1, -0.05) is 19.1 Å². The molecule has 1 fully saturated rings. The normalized spacial score (nSPS) is 23.8. The number of hydrogen-bond acceptors (Lipinski definition) is 4. The lowest BCUT2D eigenvalue weighted by Gasteiger charge is -2.38. The maximum absolute atomic E-state index is 5.92. The van der Waals surface area contributed by atoms with Gasteiger partial charge in [0.2, 0.25) is 0 Å². The van der Waals surface area contributed by atoms with Gasteiger partial charge in [0.15, 0.2) is 0 Å². The summed E-state index contributed by atoms with van der Waals surface area (Å²) in [6, 6.07) is 8.55. The zero-order chi connectivity index (χ0) is 13.1. The van der Waals surface area contributed by atoms with E-state index in [-0.39, 0.29) is 0 Å². The smallest absolute Gasteiger partial charge is 0.0877 e. The molecule has 0 spiro atoms. The van der Waals surface area contributed by atoms with Gasteiger partial charge in [-0.25, -0.2) is 0 Å². The van der Waals surface area contributed by atoms with Crippen LogP contribution in [0.1, 0.15) is 6.92 Å². The molecule has 1 saturated heterocycles. The summed E-state index contributed by atoms with van der Waals surface area (Å²) >= 11 is 0. The van der Waals surface area contributed by atoms with Crippen molar-refractivity contribution in [2.24, 2.45) is 0 Å². The molecule has 4 heteroatoms. The van der Waals surface area contributed by atoms with Gasteiger partial charge in [-0.05, 0) is 18.7 Å². The molecule has 104 valence electrons. The van der Waals surface area contributed by atoms with Crippen molar-refractivity contribution in [2.75, 3.05) is 56.1 Å². The highest BCUT2D eigenvalue weighted by Gasteiger charge is 2.24. The largest absolute Gasteiger partial charge is 0.382 e. The van der Waals surface area contributed by atoms with E-state index in [9.17, 15) is 0 Å². The Morgan fingerprint density at radius 3 is 3.11 bits per heavy atom. The molecule has 19 heavy (non-hydrogen) atoms. The molecule has 0 bridgehead atoms. The molecular weight excluding hydrogens is 238 g/mol. The van der Waals surface area contributed by atoms with Crippen molar-refractivity contribution in [1.82, 2.24) is 4.90 Å². The minimum absolute atomic E-state index is 0.333. The molecular formula is C15H23N3O. The highest BCUT2D eigenvalue weighted by atomic mass is 16.5. The van der Waals surface area contributed by atoms with Crippen LogP contribution in [0.3, 0.4) is 0 Å². The summed E-state index contributed by atoms with van der Waals surface area (Å²) in [6.45, 7) is 9.42. The third-order valence-electron chi connectivity index (χ3n) is 4.04. The first-order valence-electron chi connectivity index (χ1n) is 7.28. The Kier molecular flexibility index (Phi) is 3.89. The molecule has 3 rings (SSSR count). The van der Waals surface area contributed by atoms with E-state index in [1.165, 1.54) is 11.4 Å². The lowest BCUT2D eigenvalue weighted by Crippen LogP contribution is -2.49. The van der Waals surface area contributed by atoms with Gasteiger partial charge in [0.1, 0.15) is 0 Å². The number of hydrogen-bond donors (Lipinski definition) is 1. The van der Waals surface area contributed by atoms with Gasteiger partial charge in [-0.15, -0.1) is 0 Å². The van der Waals surface area contributed by atoms with Crippen molar-refractivity contribution in [3.63, 3.8) is 0 Å². The van der Waals surface area contributed by atoms with Crippen LogP contribution in [0.15, 0.2) is 24.3 Å². The molecule has 4 nitrogen and oxygen atoms in total. The van der Waals surface area contributed by atoms with Gasteiger partial charge >= 0.3 is 0 Å². The van der Waals surface area contributed by atoms with Crippen LogP contribution in [0.25, 0.3) is 0 Å². The molecule has 0 radical (unpaired) electrons. The summed E-state index contributed by atoms with van der Waals surface area (Å²) in [5, 5.41) is 3.46. The van der Waals surface area contributed by atoms with Gasteiger partial charge in [-0.2, -0.15) is 0 Å². The molecule has 0 saturated carbocycles. The number of anilines is 2. The van der Waals surface area contributed by atoms with E-state index in [1.807, 2.05) is 0 Å². The van der Waals surface area contributed by atoms with Crippen LogP contribution < -0.4 is 10.2 Å². The number of rotatable bonds is 3. The first-order valence-corrected chi connectivity index (χ1v) is 7.28. The quantitative estimate of drug-likeness (QED) is 0.895. The van der Waals surface area contributed by atoms with Crippen molar-refractivity contribution >= 4 is 11.4 Å². The second-order valence-electron chi connectivity index (χ2n) is 5.28. The van der Waals surface area contributed by atoms with Crippen molar-refractivity contribution in [1.29, 1.82) is 0 Å². The summed E-state index contributed by atoms with van der Waals surface area (Å²) in [5.41, 5.74) is 2.56. The molecule has 1 N–H and O–H groups in total. The Balaban J connectivity index is 1.67. The number of likely N-dealkylation sites (N-methyl/N-ethyl adjacent to an activating group) is 1. The minimum Gasteiger partial charge on any atom is -0.382 e. The lowest BCUT2D eigenvalue weighted by atomic mass is 10.1. The number of fused-ring (bicyclic) bond motifs is 1. The lowest BCUT2D eigenvalue weighted by molar-refractivity contribution is -0.0220. The fourth-order valence-electron chi connectivity index (χ4n) is 2.96. The Bertz CT molecular complexity index is 424. The van der Waals surface area contributed by atoms with E-state index < -0.39 is 0 Å². The van der Waals surface area contributed by atoms with Crippen LogP contribution in [0, 0.1) is 0 Å². The Morgan fingerprint density at radius 2 is 2.21 bits per heavy atom. The highest BCUT2D eigenvalue weighted by Crippen LogP contribution is 2.28. The fourth-order valence-corrected chi connectivity index (χ4v) is 2.96. The third kappa shape index (κ3) is 2.85. The average Bonchev–Trinajstić information content (AvgIpc) is 2.48. The van der Waals surface area contributed by atoms with Crippen LogP contribution >= 0.6 is 0 Å². The number of nitrogens with zero attached hydrogens (tertiary/aromatic N) is 2. The molecule has 0 aromatic heterocycles. The standard InChI is InChI=1S/C15H23N3O/c1-2-17-9-10-19-13(11-17)12-18-8-7-16-14-5-3-4-6-15(14)18/h3-6,13,16H,2,7-12H2,1H3. The van der Waals surface area contributed by atoms with Gasteiger partial charge in [0, 0.05) is 32.7 Å². The molecule has 2 aliphatic rings. The zero-order valence-electron chi connectivity index (χ0n) is 11.6. The number of para-hydroxylation sites is 2. The molecule has 0 amide bonds. The van der Waals surface area contributed by atoms with Crippen LogP contribution in [0.2, 0.25) is 0 Å². The van der Waals surface area contributed by atoms with Gasteiger partial charge in [-0.3, -0.25) is 4.90 Å². The minimum atomic E-state index is 0.333. The number of morpholine rings is 1. The van der Waals surface area contributed by atoms with Crippen LogP contribution in [0.4, 0.5) is 11.4 Å². The number of benzene rings is 1. The van der Waals surface area contributed by atoms with Gasteiger partial charge < -0.3 is 15.0 Å². The number of nitrogens with one attached hydrogen (secondary N) is 1. The van der Waals surface area contributed by atoms with E-state index in [4.69, 9.17) is 4.74 Å². The van der Waals surface area contributed by atoms with E-state index in [1.54, 1.807) is 0 Å². The van der Waals surface area contributed by atoms with Crippen molar-refractivity contribution in [3.8, 4) is 0 Å². The Hall–Kier alpha value is -1.26. The maximum atomic E-state index is 5.92. The Morgan fingerprint density at radius 1 is 1.32 bits per heavy atom. The summed E-state index contributed by atoms with van der Waals surface area (Å²) < 4.78 is 5.92. The van der Waals surface area contributed by atoms with Gasteiger partial charge in [0.25, 0.3) is 0 Å². The summed E-state index contributed by atoms with van der Waals surface area (Å²) in [7, 11) is 0. The molecule has 2 aliphatic heterocycles. The predicted octanol–water partition coefficient (Wildman–Crippen LogP) is 1.64. The first kappa shape index (κ1) is 12.8. The fraction of sp³-hybridized carbons (Fsp3) is 0.600. The third-order valence-corrected chi connectivity index (χ3v) is 4.04. The molecule has 1 aromatic carbocycles. The second-order valence-corrected chi connectivity index (χ2v) is 5.28. The summed E-state index contributed by atoms with van der Waals surface area (Å²) in [4.78, 5) is 4.93. The van der Waals surface area contributed by atoms with Crippen molar-refractivity contribution in [2.45, 2.75) is 13.0 Å². The second kappa shape index (κ2) is 5.80. The summed E-state index contributed by atoms with van der Waals surface area (Å²) in [5.74, 6) is 0. The molecule has 2 heterocycles. The van der Waals surface area contributed by atoms with E-state index in [0.29, 0.717) is 6.10 Å². The predicted molar refractivity (Wildman–Crippen MR) is 79.0 cm³/mol. The van der Waals surface area contributed by atoms with Crippen LogP contribution in [-0.4, -0.2) is 56.9 Å². The first-order chi connectivity index (χ1) is 9.36. The highest BCUT2D eigenvalue weighted by molar-refractivity contribution is 5.71. The topological polar surface area (TPSA) is 27.7 Å². The number of ether oxygens (including phenoxy) is 1.